The highest BCUT2D eigenvalue weighted by atomic mass is 79.9. The summed E-state index contributed by atoms with van der Waals surface area (Å²) in [5.74, 6) is 0.138. The molecule has 20 heavy (non-hydrogen) atoms. The zero-order valence-electron chi connectivity index (χ0n) is 10.7. The summed E-state index contributed by atoms with van der Waals surface area (Å²) in [5.41, 5.74) is 0.806. The van der Waals surface area contributed by atoms with Crippen LogP contribution in [0.1, 0.15) is 25.3 Å². The molecule has 1 saturated carbocycles. The summed E-state index contributed by atoms with van der Waals surface area (Å²) in [4.78, 5) is 8.33. The van der Waals surface area contributed by atoms with Crippen LogP contribution >= 0.6 is 27.5 Å². The van der Waals surface area contributed by atoms with Gasteiger partial charge in [-0.3, -0.25) is 0 Å². The molecule has 3 rings (SSSR count). The fourth-order valence-corrected chi connectivity index (χ4v) is 3.96. The van der Waals surface area contributed by atoms with Gasteiger partial charge in [0, 0.05) is 16.7 Å². The summed E-state index contributed by atoms with van der Waals surface area (Å²) in [5, 5.41) is 20.1. The van der Waals surface area contributed by atoms with Gasteiger partial charge in [0.25, 0.3) is 0 Å². The lowest BCUT2D eigenvalue weighted by Crippen LogP contribution is -2.22. The Bertz CT molecular complexity index is 633. The molecule has 0 amide bonds. The van der Waals surface area contributed by atoms with Gasteiger partial charge in [0.05, 0.1) is 18.1 Å². The summed E-state index contributed by atoms with van der Waals surface area (Å²) in [6.07, 6.45) is 5.50. The minimum absolute atomic E-state index is 0.138. The highest BCUT2D eigenvalue weighted by Gasteiger charge is 2.31. The molecule has 2 heterocycles. The monoisotopic (exact) mass is 359 g/mol. The highest BCUT2D eigenvalue weighted by Crippen LogP contribution is 2.40. The lowest BCUT2D eigenvalue weighted by atomic mass is 10.0. The Morgan fingerprint density at radius 2 is 2.25 bits per heavy atom. The smallest absolute Gasteiger partial charge is 0.146 e. The molecular weight excluding hydrogens is 346 g/mol. The third-order valence-corrected chi connectivity index (χ3v) is 4.97. The molecule has 0 spiro atoms. The number of aliphatic hydroxyl groups excluding tert-OH is 2. The van der Waals surface area contributed by atoms with Crippen LogP contribution in [0.25, 0.3) is 11.0 Å². The van der Waals surface area contributed by atoms with Gasteiger partial charge >= 0.3 is 0 Å². The maximum atomic E-state index is 9.77. The van der Waals surface area contributed by atoms with Crippen LogP contribution in [0.5, 0.6) is 0 Å². The maximum absolute atomic E-state index is 9.77. The van der Waals surface area contributed by atoms with Crippen LogP contribution < -0.4 is 0 Å². The van der Waals surface area contributed by atoms with E-state index in [0.717, 1.165) is 34.8 Å². The first-order valence-electron chi connectivity index (χ1n) is 6.57. The molecule has 0 aromatic carbocycles. The third-order valence-electron chi connectivity index (χ3n) is 4.09. The molecule has 5 nitrogen and oxygen atoms in total. The van der Waals surface area contributed by atoms with Crippen molar-refractivity contribution in [2.24, 2.45) is 5.92 Å². The second kappa shape index (κ2) is 5.60. The predicted molar refractivity (Wildman–Crippen MR) is 79.7 cm³/mol. The molecule has 0 aliphatic heterocycles. The number of fused-ring (bicyclic) bond motifs is 1. The fourth-order valence-electron chi connectivity index (χ4n) is 3.03. The van der Waals surface area contributed by atoms with Gasteiger partial charge in [-0.1, -0.05) is 11.6 Å². The summed E-state index contributed by atoms with van der Waals surface area (Å²) in [7, 11) is 0. The largest absolute Gasteiger partial charge is 0.394 e. The second-order valence-electron chi connectivity index (χ2n) is 5.22. The van der Waals surface area contributed by atoms with Crippen molar-refractivity contribution in [3.05, 3.63) is 22.1 Å². The van der Waals surface area contributed by atoms with Crippen LogP contribution in [0, 0.1) is 5.92 Å². The van der Waals surface area contributed by atoms with E-state index in [-0.39, 0.29) is 18.6 Å². The van der Waals surface area contributed by atoms with E-state index < -0.39 is 6.10 Å². The fraction of sp³-hybridized carbons (Fsp3) is 0.538. The number of aliphatic hydroxyl groups is 2. The Morgan fingerprint density at radius 3 is 3.00 bits per heavy atom. The molecular formula is C13H15BrClN3O2. The standard InChI is InChI=1S/C13H15BrClN3O2/c14-9-4-18(13-11(9)12(15)16-6-17-13)8-2-1-7(3-8)10(20)5-19/h4,6-8,10,19-20H,1-3,5H2. The van der Waals surface area contributed by atoms with Gasteiger partial charge < -0.3 is 14.8 Å². The Kier molecular flexibility index (Phi) is 3.99. The van der Waals surface area contributed by atoms with Gasteiger partial charge in [0.2, 0.25) is 0 Å². The Morgan fingerprint density at radius 1 is 1.45 bits per heavy atom. The number of nitrogens with zero attached hydrogens (tertiary/aromatic N) is 3. The molecule has 0 bridgehead atoms. The minimum Gasteiger partial charge on any atom is -0.394 e. The Balaban J connectivity index is 1.94. The van der Waals surface area contributed by atoms with E-state index in [0.29, 0.717) is 5.15 Å². The number of hydrogen-bond donors (Lipinski definition) is 2. The first kappa shape index (κ1) is 14.3. The van der Waals surface area contributed by atoms with Crippen molar-refractivity contribution in [3.8, 4) is 0 Å². The first-order chi connectivity index (χ1) is 9.61. The van der Waals surface area contributed by atoms with E-state index in [1.807, 2.05) is 6.20 Å². The average molecular weight is 361 g/mol. The molecule has 0 saturated heterocycles. The molecule has 108 valence electrons. The van der Waals surface area contributed by atoms with E-state index in [9.17, 15) is 5.11 Å². The maximum Gasteiger partial charge on any atom is 0.146 e. The summed E-state index contributed by atoms with van der Waals surface area (Å²) < 4.78 is 2.97. The van der Waals surface area contributed by atoms with Crippen molar-refractivity contribution in [3.63, 3.8) is 0 Å². The van der Waals surface area contributed by atoms with Crippen molar-refractivity contribution in [2.75, 3.05) is 6.61 Å². The molecule has 1 fully saturated rings. The SMILES string of the molecule is OCC(O)C1CCC(n2cc(Br)c3c(Cl)ncnc32)C1. The molecule has 7 heteroatoms. The number of halogens is 2. The van der Waals surface area contributed by atoms with E-state index >= 15 is 0 Å². The molecule has 2 N–H and O–H groups in total. The number of hydrogen-bond acceptors (Lipinski definition) is 4. The van der Waals surface area contributed by atoms with Crippen molar-refractivity contribution in [2.45, 2.75) is 31.4 Å². The zero-order chi connectivity index (χ0) is 14.3. The Hall–Kier alpha value is -0.690. The van der Waals surface area contributed by atoms with Crippen molar-refractivity contribution in [1.29, 1.82) is 0 Å². The normalized spacial score (nSPS) is 24.4. The van der Waals surface area contributed by atoms with Gasteiger partial charge in [-0.25, -0.2) is 9.97 Å². The second-order valence-corrected chi connectivity index (χ2v) is 6.44. The lowest BCUT2D eigenvalue weighted by Gasteiger charge is -2.17. The van der Waals surface area contributed by atoms with Crippen LogP contribution in [0.3, 0.4) is 0 Å². The third kappa shape index (κ3) is 2.35. The van der Waals surface area contributed by atoms with Gasteiger partial charge in [-0.2, -0.15) is 0 Å². The molecule has 2 aromatic rings. The van der Waals surface area contributed by atoms with Gasteiger partial charge in [-0.05, 0) is 41.1 Å². The molecule has 3 unspecified atom stereocenters. The van der Waals surface area contributed by atoms with E-state index in [1.54, 1.807) is 0 Å². The number of rotatable bonds is 3. The van der Waals surface area contributed by atoms with E-state index in [2.05, 4.69) is 30.5 Å². The predicted octanol–water partition coefficient (Wildman–Crippen LogP) is 2.54. The number of aromatic nitrogens is 3. The van der Waals surface area contributed by atoms with E-state index in [1.165, 1.54) is 6.33 Å². The van der Waals surface area contributed by atoms with Crippen molar-refractivity contribution >= 4 is 38.6 Å². The average Bonchev–Trinajstić information content (AvgIpc) is 3.04. The van der Waals surface area contributed by atoms with Crippen LogP contribution in [0.15, 0.2) is 17.0 Å². The molecule has 3 atom stereocenters. The summed E-state index contributed by atoms with van der Waals surface area (Å²) in [6, 6.07) is 0.265. The van der Waals surface area contributed by atoms with Crippen LogP contribution in [-0.4, -0.2) is 37.5 Å². The van der Waals surface area contributed by atoms with Crippen LogP contribution in [0.4, 0.5) is 0 Å². The van der Waals surface area contributed by atoms with Crippen LogP contribution in [0.2, 0.25) is 5.15 Å². The minimum atomic E-state index is -0.636. The van der Waals surface area contributed by atoms with Gasteiger partial charge in [0.1, 0.15) is 17.1 Å². The zero-order valence-corrected chi connectivity index (χ0v) is 13.0. The quantitative estimate of drug-likeness (QED) is 0.825. The summed E-state index contributed by atoms with van der Waals surface area (Å²) in [6.45, 7) is -0.179. The van der Waals surface area contributed by atoms with Crippen molar-refractivity contribution in [1.82, 2.24) is 14.5 Å². The molecule has 1 aliphatic rings. The van der Waals surface area contributed by atoms with E-state index in [4.69, 9.17) is 16.7 Å². The Labute approximate surface area is 129 Å². The summed E-state index contributed by atoms with van der Waals surface area (Å²) >= 11 is 9.62. The molecule has 2 aromatic heterocycles. The van der Waals surface area contributed by atoms with Crippen molar-refractivity contribution < 1.29 is 10.2 Å². The van der Waals surface area contributed by atoms with Gasteiger partial charge in [-0.15, -0.1) is 0 Å². The highest BCUT2D eigenvalue weighted by molar-refractivity contribution is 9.10. The van der Waals surface area contributed by atoms with Crippen LogP contribution in [-0.2, 0) is 0 Å². The first-order valence-corrected chi connectivity index (χ1v) is 7.74. The van der Waals surface area contributed by atoms with Gasteiger partial charge in [0.15, 0.2) is 0 Å². The lowest BCUT2D eigenvalue weighted by molar-refractivity contribution is 0.0481. The molecule has 1 aliphatic carbocycles. The molecule has 0 radical (unpaired) electrons. The topological polar surface area (TPSA) is 71.2 Å².